The van der Waals surface area contributed by atoms with Gasteiger partial charge in [0.1, 0.15) is 52.5 Å². The molecule has 5 aromatic carbocycles. The van der Waals surface area contributed by atoms with Gasteiger partial charge in [-0.2, -0.15) is 5.46 Å². The minimum Gasteiger partial charge on any atom is -0.508 e. The fourth-order valence-electron chi connectivity index (χ4n) is 6.03. The molecule has 0 radical (unpaired) electrons. The molecule has 0 saturated heterocycles. The Labute approximate surface area is 284 Å². The number of hydrogen-bond acceptors (Lipinski definition) is 1. The van der Waals surface area contributed by atoms with Gasteiger partial charge in [-0.15, -0.1) is 16.4 Å². The normalized spacial score (nSPS) is 11.6. The summed E-state index contributed by atoms with van der Waals surface area (Å²) < 4.78 is 220. The number of aromatic hydroxyl groups is 1. The Morgan fingerprint density at radius 3 is 0.942 bits per heavy atom. The van der Waals surface area contributed by atoms with Gasteiger partial charge in [0.2, 0.25) is 0 Å². The van der Waals surface area contributed by atoms with Crippen molar-refractivity contribution in [2.75, 3.05) is 13.1 Å². The first-order valence-electron chi connectivity index (χ1n) is 14.8. The molecule has 0 amide bonds. The highest BCUT2D eigenvalue weighted by Crippen LogP contribution is 2.28. The molecule has 276 valence electrons. The molecule has 0 aromatic heterocycles. The Morgan fingerprint density at radius 1 is 0.404 bits per heavy atom. The van der Waals surface area contributed by atoms with Crippen LogP contribution in [0.5, 0.6) is 5.75 Å². The van der Waals surface area contributed by atoms with Crippen LogP contribution >= 0.6 is 0 Å². The summed E-state index contributed by atoms with van der Waals surface area (Å²) in [5, 5.41) is 9.59. The van der Waals surface area contributed by atoms with E-state index in [1.807, 2.05) is 0 Å². The molecule has 2 N–H and O–H groups in total. The van der Waals surface area contributed by atoms with Crippen molar-refractivity contribution in [2.45, 2.75) is 13.8 Å². The second-order valence-corrected chi connectivity index (χ2v) is 11.1. The number of hydrogen-bond donors (Lipinski definition) is 2. The zero-order valence-electron chi connectivity index (χ0n) is 26.3. The van der Waals surface area contributed by atoms with Crippen LogP contribution in [-0.2, 0) is 0 Å². The molecule has 0 atom stereocenters. The molecule has 0 aliphatic heterocycles. The zero-order valence-corrected chi connectivity index (χ0v) is 26.3. The summed E-state index contributed by atoms with van der Waals surface area (Å²) in [6, 6.07) is 11.7. The highest BCUT2D eigenvalue weighted by Gasteiger charge is 2.49. The second kappa shape index (κ2) is 15.2. The predicted octanol–water partition coefficient (Wildman–Crippen LogP) is 6.10. The minimum atomic E-state index is -5.84. The van der Waals surface area contributed by atoms with Crippen LogP contribution in [0.3, 0.4) is 0 Å². The maximum Gasteiger partial charge on any atom is 0.200 e. The van der Waals surface area contributed by atoms with Crippen LogP contribution in [0, 0.1) is 87.3 Å². The Morgan fingerprint density at radius 2 is 0.673 bits per heavy atom. The quantitative estimate of drug-likeness (QED) is 0.0894. The lowest BCUT2D eigenvalue weighted by atomic mass is 9.12. The molecule has 18 heteroatoms. The van der Waals surface area contributed by atoms with Gasteiger partial charge in [0, 0.05) is 0 Å². The first kappa shape index (κ1) is 39.7. The van der Waals surface area contributed by atoms with Gasteiger partial charge in [-0.05, 0) is 38.1 Å². The maximum absolute atomic E-state index is 15.4. The molecular weight excluding hydrogens is 734 g/mol. The fourth-order valence-corrected chi connectivity index (χ4v) is 6.03. The SMILES string of the molecule is CC[NH+](CC)c1ccccc1.Oc1ccc([B-](c2c(F)c(F)c(F)c(F)c2F)(c2c(F)c(F)c(F)c(F)c2F)c2c(F)c(F)c(F)c(F)c2F)cc1. The average molecular weight is 755 g/mol. The van der Waals surface area contributed by atoms with Gasteiger partial charge in [-0.1, -0.05) is 30.3 Å². The molecule has 5 aromatic rings. The van der Waals surface area contributed by atoms with E-state index in [2.05, 4.69) is 44.2 Å². The largest absolute Gasteiger partial charge is 0.508 e. The van der Waals surface area contributed by atoms with Gasteiger partial charge < -0.3 is 10.0 Å². The number of para-hydroxylation sites is 1. The third-order valence-electron chi connectivity index (χ3n) is 8.46. The van der Waals surface area contributed by atoms with Crippen molar-refractivity contribution in [1.82, 2.24) is 0 Å². The van der Waals surface area contributed by atoms with E-state index in [1.165, 1.54) is 18.8 Å². The highest BCUT2D eigenvalue weighted by molar-refractivity contribution is 7.20. The molecule has 5 rings (SSSR count). The molecule has 0 heterocycles. The third-order valence-corrected chi connectivity index (χ3v) is 8.46. The summed E-state index contributed by atoms with van der Waals surface area (Å²) in [5.41, 5.74) is -8.40. The van der Waals surface area contributed by atoms with Crippen molar-refractivity contribution >= 4 is 33.7 Å². The van der Waals surface area contributed by atoms with Crippen LogP contribution in [0.25, 0.3) is 0 Å². The molecule has 0 fully saturated rings. The van der Waals surface area contributed by atoms with Crippen LogP contribution in [0.4, 0.5) is 71.5 Å². The van der Waals surface area contributed by atoms with Gasteiger partial charge in [-0.25, -0.2) is 65.9 Å². The number of halogens is 15. The van der Waals surface area contributed by atoms with Gasteiger partial charge in [0.25, 0.3) is 0 Å². The molecule has 2 nitrogen and oxygen atoms in total. The molecule has 0 spiro atoms. The topological polar surface area (TPSA) is 24.7 Å². The molecule has 0 aliphatic rings. The molecular formula is C34H21BF15NO. The van der Waals surface area contributed by atoms with E-state index >= 15 is 26.3 Å². The summed E-state index contributed by atoms with van der Waals surface area (Å²) in [5.74, 6) is -47.1. The van der Waals surface area contributed by atoms with E-state index in [-0.39, 0.29) is 12.1 Å². The number of rotatable bonds is 7. The third kappa shape index (κ3) is 6.32. The van der Waals surface area contributed by atoms with Gasteiger partial charge in [0.05, 0.1) is 13.1 Å². The van der Waals surface area contributed by atoms with E-state index in [0.717, 1.165) is 0 Å². The van der Waals surface area contributed by atoms with E-state index in [4.69, 9.17) is 0 Å². The van der Waals surface area contributed by atoms with Crippen molar-refractivity contribution < 1.29 is 75.9 Å². The molecule has 52 heavy (non-hydrogen) atoms. The molecule has 0 aliphatic carbocycles. The Kier molecular flexibility index (Phi) is 11.6. The number of nitrogens with one attached hydrogen (secondary N) is 1. The van der Waals surface area contributed by atoms with Crippen LogP contribution in [0.15, 0.2) is 54.6 Å². The van der Waals surface area contributed by atoms with E-state index in [1.54, 1.807) is 4.90 Å². The number of phenols is 1. The Hall–Kier alpha value is -5.13. The first-order valence-corrected chi connectivity index (χ1v) is 14.8. The van der Waals surface area contributed by atoms with Crippen molar-refractivity contribution in [2.24, 2.45) is 0 Å². The van der Waals surface area contributed by atoms with E-state index in [9.17, 15) is 44.6 Å². The monoisotopic (exact) mass is 755 g/mol. The standard InChI is InChI=1S/C24H5BF15O.C10H15N/c26-10-7(11(27)17(33)22(38)16(10)32)25(5-1-3-6(41)4-2-5,8-12(28)18(34)23(39)19(35)13(8)29)9-14(30)20(36)24(40)21(37)15(9)31;1-3-11(4-2)10-8-6-5-7-9-10/h1-4,41H;5-9H,3-4H2,1-2H3/q-1;/p+1. The lowest BCUT2D eigenvalue weighted by Crippen LogP contribution is -3.06. The van der Waals surface area contributed by atoms with E-state index < -0.39 is 121 Å². The van der Waals surface area contributed by atoms with Crippen LogP contribution < -0.4 is 26.8 Å². The van der Waals surface area contributed by atoms with Crippen molar-refractivity contribution in [3.8, 4) is 5.75 Å². The Balaban J connectivity index is 0.000000470. The minimum absolute atomic E-state index is 0.184. The van der Waals surface area contributed by atoms with Gasteiger partial charge >= 0.3 is 0 Å². The first-order chi connectivity index (χ1) is 24.4. The molecule has 0 unspecified atom stereocenters. The average Bonchev–Trinajstić information content (AvgIpc) is 3.14. The summed E-state index contributed by atoms with van der Waals surface area (Å²) >= 11 is 0. The van der Waals surface area contributed by atoms with Crippen molar-refractivity contribution in [3.05, 3.63) is 142 Å². The summed E-state index contributed by atoms with van der Waals surface area (Å²) in [6.45, 7) is 6.76. The van der Waals surface area contributed by atoms with Crippen LogP contribution in [0.1, 0.15) is 13.8 Å². The predicted molar refractivity (Wildman–Crippen MR) is 159 cm³/mol. The zero-order chi connectivity index (χ0) is 39.0. The Bertz CT molecular complexity index is 1890. The maximum atomic E-state index is 15.4. The second-order valence-electron chi connectivity index (χ2n) is 11.1. The van der Waals surface area contributed by atoms with Crippen molar-refractivity contribution in [1.29, 1.82) is 0 Å². The van der Waals surface area contributed by atoms with Crippen LogP contribution in [-0.4, -0.2) is 24.3 Å². The smallest absolute Gasteiger partial charge is 0.200 e. The van der Waals surface area contributed by atoms with Gasteiger partial charge in [-0.3, -0.25) is 0 Å². The lowest BCUT2D eigenvalue weighted by Gasteiger charge is -2.44. The highest BCUT2D eigenvalue weighted by atomic mass is 19.2. The number of quaternary nitrogens is 1. The summed E-state index contributed by atoms with van der Waals surface area (Å²) in [7, 11) is 0. The van der Waals surface area contributed by atoms with Gasteiger partial charge in [0.15, 0.2) is 52.4 Å². The molecule has 0 bridgehead atoms. The lowest BCUT2D eigenvalue weighted by molar-refractivity contribution is -0.828. The number of benzene rings is 5. The van der Waals surface area contributed by atoms with Crippen molar-refractivity contribution in [3.63, 3.8) is 0 Å². The van der Waals surface area contributed by atoms with E-state index in [0.29, 0.717) is 12.1 Å². The van der Waals surface area contributed by atoms with Crippen LogP contribution in [0.2, 0.25) is 0 Å². The fraction of sp³-hybridized carbons (Fsp3) is 0.118. The molecule has 0 saturated carbocycles. The summed E-state index contributed by atoms with van der Waals surface area (Å²) in [6.07, 6.45) is -5.84. The number of phenolic OH excluding ortho intramolecular Hbond substituents is 1. The summed E-state index contributed by atoms with van der Waals surface area (Å²) in [4.78, 5) is 1.55.